The van der Waals surface area contributed by atoms with Crippen molar-refractivity contribution in [2.75, 3.05) is 6.67 Å². The Morgan fingerprint density at radius 3 is 1.90 bits per heavy atom. The molecule has 1 heteroatoms. The standard InChI is InChI=1S/C20H35F/c1-2-17-8-12-19(13-9-17)20-14-10-18(11-15-20)7-5-3-4-6-16-21/h3,5,17-20H,2,4,6-16H2,1H3. The Morgan fingerprint density at radius 1 is 0.810 bits per heavy atom. The first-order chi connectivity index (χ1) is 10.3. The summed E-state index contributed by atoms with van der Waals surface area (Å²) in [6.07, 6.45) is 20.6. The largest absolute Gasteiger partial charge is 0.251 e. The molecule has 2 saturated carbocycles. The number of halogens is 1. The van der Waals surface area contributed by atoms with E-state index in [0.717, 1.165) is 30.1 Å². The van der Waals surface area contributed by atoms with Crippen LogP contribution in [0.25, 0.3) is 0 Å². The van der Waals surface area contributed by atoms with Crippen LogP contribution in [0.15, 0.2) is 12.2 Å². The van der Waals surface area contributed by atoms with E-state index in [1.54, 1.807) is 0 Å². The molecular formula is C20H35F. The summed E-state index contributed by atoms with van der Waals surface area (Å²) in [5, 5.41) is 0. The highest BCUT2D eigenvalue weighted by molar-refractivity contribution is 4.87. The van der Waals surface area contributed by atoms with Crippen molar-refractivity contribution >= 4 is 0 Å². The summed E-state index contributed by atoms with van der Waals surface area (Å²) in [7, 11) is 0. The lowest BCUT2D eigenvalue weighted by molar-refractivity contribution is 0.145. The first kappa shape index (κ1) is 17.0. The number of alkyl halides is 1. The number of hydrogen-bond acceptors (Lipinski definition) is 0. The fourth-order valence-electron chi connectivity index (χ4n) is 4.56. The van der Waals surface area contributed by atoms with Crippen LogP contribution in [0, 0.1) is 23.7 Å². The van der Waals surface area contributed by atoms with Crippen LogP contribution >= 0.6 is 0 Å². The number of hydrogen-bond donors (Lipinski definition) is 0. The summed E-state index contributed by atoms with van der Waals surface area (Å²) < 4.78 is 12.0. The van der Waals surface area contributed by atoms with Crippen LogP contribution in [-0.2, 0) is 0 Å². The highest BCUT2D eigenvalue weighted by Crippen LogP contribution is 2.42. The minimum Gasteiger partial charge on any atom is -0.251 e. The van der Waals surface area contributed by atoms with E-state index < -0.39 is 0 Å². The molecular weight excluding hydrogens is 259 g/mol. The molecule has 21 heavy (non-hydrogen) atoms. The topological polar surface area (TPSA) is 0 Å². The Hall–Kier alpha value is -0.330. The van der Waals surface area contributed by atoms with Gasteiger partial charge in [-0.2, -0.15) is 0 Å². The first-order valence-electron chi connectivity index (χ1n) is 9.54. The zero-order valence-corrected chi connectivity index (χ0v) is 14.0. The van der Waals surface area contributed by atoms with Gasteiger partial charge in [0.25, 0.3) is 0 Å². The van der Waals surface area contributed by atoms with E-state index >= 15 is 0 Å². The Morgan fingerprint density at radius 2 is 1.38 bits per heavy atom. The van der Waals surface area contributed by atoms with Gasteiger partial charge in [0.1, 0.15) is 0 Å². The van der Waals surface area contributed by atoms with Crippen molar-refractivity contribution in [1.29, 1.82) is 0 Å². The lowest BCUT2D eigenvalue weighted by atomic mass is 9.68. The smallest absolute Gasteiger partial charge is 0.0897 e. The molecule has 0 radical (unpaired) electrons. The van der Waals surface area contributed by atoms with Gasteiger partial charge < -0.3 is 0 Å². The lowest BCUT2D eigenvalue weighted by Crippen LogP contribution is -2.25. The molecule has 2 aliphatic rings. The van der Waals surface area contributed by atoms with Gasteiger partial charge in [-0.25, -0.2) is 0 Å². The summed E-state index contributed by atoms with van der Waals surface area (Å²) in [5.41, 5.74) is 0. The summed E-state index contributed by atoms with van der Waals surface area (Å²) >= 11 is 0. The van der Waals surface area contributed by atoms with Crippen LogP contribution in [-0.4, -0.2) is 6.67 Å². The van der Waals surface area contributed by atoms with Crippen molar-refractivity contribution in [3.63, 3.8) is 0 Å². The molecule has 2 rings (SSSR count). The van der Waals surface area contributed by atoms with Crippen molar-refractivity contribution < 1.29 is 4.39 Å². The Kier molecular flexibility index (Phi) is 7.82. The van der Waals surface area contributed by atoms with Crippen LogP contribution < -0.4 is 0 Å². The van der Waals surface area contributed by atoms with Crippen molar-refractivity contribution in [3.8, 4) is 0 Å². The van der Waals surface area contributed by atoms with E-state index in [4.69, 9.17) is 0 Å². The van der Waals surface area contributed by atoms with E-state index in [1.165, 1.54) is 64.2 Å². The van der Waals surface area contributed by atoms with Crippen LogP contribution in [0.2, 0.25) is 0 Å². The zero-order valence-electron chi connectivity index (χ0n) is 14.0. The summed E-state index contributed by atoms with van der Waals surface area (Å²) in [6, 6.07) is 0. The highest BCUT2D eigenvalue weighted by atomic mass is 19.1. The molecule has 0 aliphatic heterocycles. The first-order valence-corrected chi connectivity index (χ1v) is 9.54. The van der Waals surface area contributed by atoms with Crippen LogP contribution in [0.5, 0.6) is 0 Å². The van der Waals surface area contributed by atoms with Gasteiger partial charge in [0.15, 0.2) is 0 Å². The van der Waals surface area contributed by atoms with E-state index in [1.807, 2.05) is 0 Å². The molecule has 0 saturated heterocycles. The Balaban J connectivity index is 1.61. The molecule has 2 aliphatic carbocycles. The van der Waals surface area contributed by atoms with Gasteiger partial charge in [0, 0.05) is 0 Å². The molecule has 0 amide bonds. The summed E-state index contributed by atoms with van der Waals surface area (Å²) in [6.45, 7) is 2.19. The molecule has 0 nitrogen and oxygen atoms in total. The molecule has 0 bridgehead atoms. The molecule has 0 unspecified atom stereocenters. The molecule has 0 aromatic rings. The Labute approximate surface area is 131 Å². The van der Waals surface area contributed by atoms with Gasteiger partial charge in [-0.1, -0.05) is 38.3 Å². The van der Waals surface area contributed by atoms with Gasteiger partial charge in [-0.15, -0.1) is 0 Å². The van der Waals surface area contributed by atoms with Gasteiger partial charge in [-0.05, 0) is 81.5 Å². The van der Waals surface area contributed by atoms with E-state index in [-0.39, 0.29) is 6.67 Å². The summed E-state index contributed by atoms with van der Waals surface area (Å²) in [5.74, 6) is 4.03. The zero-order chi connectivity index (χ0) is 14.9. The molecule has 0 aromatic heterocycles. The predicted molar refractivity (Wildman–Crippen MR) is 90.2 cm³/mol. The van der Waals surface area contributed by atoms with Gasteiger partial charge in [0.2, 0.25) is 0 Å². The number of allylic oxidation sites excluding steroid dienone is 2. The molecule has 0 spiro atoms. The van der Waals surface area contributed by atoms with Crippen LogP contribution in [0.1, 0.15) is 84.0 Å². The van der Waals surface area contributed by atoms with E-state index in [2.05, 4.69) is 19.1 Å². The van der Waals surface area contributed by atoms with Gasteiger partial charge in [-0.3, -0.25) is 4.39 Å². The third-order valence-electron chi connectivity index (χ3n) is 6.17. The second kappa shape index (κ2) is 9.64. The molecule has 0 aromatic carbocycles. The Bertz CT molecular complexity index is 280. The molecule has 0 heterocycles. The van der Waals surface area contributed by atoms with Crippen molar-refractivity contribution in [2.24, 2.45) is 23.7 Å². The number of rotatable bonds is 7. The third kappa shape index (κ3) is 5.75. The molecule has 0 atom stereocenters. The monoisotopic (exact) mass is 294 g/mol. The van der Waals surface area contributed by atoms with Crippen LogP contribution in [0.4, 0.5) is 4.39 Å². The fourth-order valence-corrected chi connectivity index (χ4v) is 4.56. The van der Waals surface area contributed by atoms with Crippen molar-refractivity contribution in [3.05, 3.63) is 12.2 Å². The third-order valence-corrected chi connectivity index (χ3v) is 6.17. The van der Waals surface area contributed by atoms with Crippen molar-refractivity contribution in [1.82, 2.24) is 0 Å². The summed E-state index contributed by atoms with van der Waals surface area (Å²) in [4.78, 5) is 0. The number of unbranched alkanes of at least 4 members (excludes halogenated alkanes) is 1. The SMILES string of the molecule is CCC1CCC(C2CCC(CC=CCCCF)CC2)CC1. The predicted octanol–water partition coefficient (Wildman–Crippen LogP) is 6.71. The van der Waals surface area contributed by atoms with Crippen LogP contribution in [0.3, 0.4) is 0 Å². The maximum Gasteiger partial charge on any atom is 0.0897 e. The van der Waals surface area contributed by atoms with Gasteiger partial charge >= 0.3 is 0 Å². The fraction of sp³-hybridized carbons (Fsp3) is 0.900. The van der Waals surface area contributed by atoms with E-state index in [9.17, 15) is 4.39 Å². The van der Waals surface area contributed by atoms with Crippen molar-refractivity contribution in [2.45, 2.75) is 84.0 Å². The molecule has 122 valence electrons. The molecule has 0 N–H and O–H groups in total. The average molecular weight is 294 g/mol. The average Bonchev–Trinajstić information content (AvgIpc) is 2.55. The maximum atomic E-state index is 12.0. The normalized spacial score (nSPS) is 34.4. The second-order valence-electron chi connectivity index (χ2n) is 7.51. The van der Waals surface area contributed by atoms with E-state index in [0.29, 0.717) is 6.42 Å². The minimum atomic E-state index is -0.171. The lowest BCUT2D eigenvalue weighted by Gasteiger charge is -2.37. The van der Waals surface area contributed by atoms with Gasteiger partial charge in [0.05, 0.1) is 6.67 Å². The quantitative estimate of drug-likeness (QED) is 0.362. The maximum absolute atomic E-state index is 12.0. The minimum absolute atomic E-state index is 0.171. The molecule has 2 fully saturated rings. The highest BCUT2D eigenvalue weighted by Gasteiger charge is 2.29. The second-order valence-corrected chi connectivity index (χ2v) is 7.51.